The molecule has 0 saturated heterocycles. The summed E-state index contributed by atoms with van der Waals surface area (Å²) in [6, 6.07) is -0.236. The number of halogens is 1. The van der Waals surface area contributed by atoms with Gasteiger partial charge in [0.15, 0.2) is 0 Å². The third-order valence-corrected chi connectivity index (χ3v) is 2.92. The van der Waals surface area contributed by atoms with Crippen LogP contribution in [-0.4, -0.2) is 42.7 Å². The Hall–Kier alpha value is -0.780. The van der Waals surface area contributed by atoms with E-state index in [4.69, 9.17) is 0 Å². The lowest BCUT2D eigenvalue weighted by Crippen LogP contribution is -2.45. The van der Waals surface area contributed by atoms with Gasteiger partial charge in [-0.1, -0.05) is 35.7 Å². The van der Waals surface area contributed by atoms with Gasteiger partial charge in [0, 0.05) is 5.33 Å². The predicted octanol–water partition coefficient (Wildman–Crippen LogP) is 2.77. The van der Waals surface area contributed by atoms with E-state index < -0.39 is 12.2 Å². The summed E-state index contributed by atoms with van der Waals surface area (Å²) in [7, 11) is 2.48. The molecule has 0 N–H and O–H groups in total. The SMILES string of the molecule is CCCCC(CBr)N(C(=O)OC)C(=O)OC. The van der Waals surface area contributed by atoms with Gasteiger partial charge in [0.2, 0.25) is 0 Å². The summed E-state index contributed by atoms with van der Waals surface area (Å²) < 4.78 is 9.13. The zero-order chi connectivity index (χ0) is 12.6. The fourth-order valence-corrected chi connectivity index (χ4v) is 1.90. The molecule has 0 aliphatic rings. The quantitative estimate of drug-likeness (QED) is 0.732. The van der Waals surface area contributed by atoms with Crippen molar-refractivity contribution in [3.8, 4) is 0 Å². The normalized spacial score (nSPS) is 11.8. The Kier molecular flexibility index (Phi) is 7.97. The van der Waals surface area contributed by atoms with E-state index in [9.17, 15) is 9.59 Å². The number of methoxy groups -OCH3 is 2. The van der Waals surface area contributed by atoms with Gasteiger partial charge >= 0.3 is 12.2 Å². The van der Waals surface area contributed by atoms with Crippen LogP contribution in [0.15, 0.2) is 0 Å². The maximum absolute atomic E-state index is 11.5. The zero-order valence-corrected chi connectivity index (χ0v) is 11.4. The van der Waals surface area contributed by atoms with E-state index in [2.05, 4.69) is 25.4 Å². The highest BCUT2D eigenvalue weighted by molar-refractivity contribution is 9.09. The third-order valence-electron chi connectivity index (χ3n) is 2.18. The monoisotopic (exact) mass is 295 g/mol. The van der Waals surface area contributed by atoms with Crippen LogP contribution < -0.4 is 0 Å². The van der Waals surface area contributed by atoms with Crippen LogP contribution in [0.3, 0.4) is 0 Å². The van der Waals surface area contributed by atoms with Crippen molar-refractivity contribution >= 4 is 28.1 Å². The zero-order valence-electron chi connectivity index (χ0n) is 9.86. The van der Waals surface area contributed by atoms with Crippen molar-refractivity contribution in [2.24, 2.45) is 0 Å². The molecule has 6 heteroatoms. The van der Waals surface area contributed by atoms with Crippen molar-refractivity contribution < 1.29 is 19.1 Å². The first-order valence-electron chi connectivity index (χ1n) is 5.13. The second-order valence-corrected chi connectivity index (χ2v) is 3.91. The summed E-state index contributed by atoms with van der Waals surface area (Å²) >= 11 is 3.28. The summed E-state index contributed by atoms with van der Waals surface area (Å²) in [5.74, 6) is 0. The van der Waals surface area contributed by atoms with Gasteiger partial charge in [0.05, 0.1) is 20.3 Å². The minimum Gasteiger partial charge on any atom is -0.452 e. The van der Waals surface area contributed by atoms with E-state index >= 15 is 0 Å². The first-order valence-corrected chi connectivity index (χ1v) is 6.25. The highest BCUT2D eigenvalue weighted by Crippen LogP contribution is 2.14. The highest BCUT2D eigenvalue weighted by Gasteiger charge is 2.30. The number of nitrogens with zero attached hydrogens (tertiary/aromatic N) is 1. The standard InChI is InChI=1S/C10H18BrNO4/c1-4-5-6-8(7-11)12(9(13)15-2)10(14)16-3/h8H,4-7H2,1-3H3. The highest BCUT2D eigenvalue weighted by atomic mass is 79.9. The average Bonchev–Trinajstić information content (AvgIpc) is 2.32. The Balaban J connectivity index is 4.68. The van der Waals surface area contributed by atoms with Gasteiger partial charge in [-0.3, -0.25) is 0 Å². The second-order valence-electron chi connectivity index (χ2n) is 3.26. The second kappa shape index (κ2) is 8.38. The van der Waals surface area contributed by atoms with Crippen molar-refractivity contribution in [1.29, 1.82) is 0 Å². The summed E-state index contributed by atoms with van der Waals surface area (Å²) in [6.07, 6.45) is 1.28. The van der Waals surface area contributed by atoms with Crippen LogP contribution in [0.1, 0.15) is 26.2 Å². The van der Waals surface area contributed by atoms with Gasteiger partial charge in [-0.15, -0.1) is 0 Å². The number of imide groups is 1. The largest absolute Gasteiger partial charge is 0.452 e. The Labute approximate surface area is 104 Å². The molecular weight excluding hydrogens is 278 g/mol. The number of ether oxygens (including phenoxy) is 2. The van der Waals surface area contributed by atoms with Crippen molar-refractivity contribution in [3.63, 3.8) is 0 Å². The van der Waals surface area contributed by atoms with Crippen LogP contribution in [-0.2, 0) is 9.47 Å². The molecular formula is C10H18BrNO4. The first-order chi connectivity index (χ1) is 7.62. The first kappa shape index (κ1) is 15.2. The lowest BCUT2D eigenvalue weighted by atomic mass is 10.1. The van der Waals surface area contributed by atoms with Crippen LogP contribution in [0, 0.1) is 0 Å². The Morgan fingerprint density at radius 1 is 1.25 bits per heavy atom. The lowest BCUT2D eigenvalue weighted by molar-refractivity contribution is 0.0848. The number of amides is 2. The molecule has 0 aromatic rings. The van der Waals surface area contributed by atoms with E-state index in [1.165, 1.54) is 14.2 Å². The van der Waals surface area contributed by atoms with Gasteiger partial charge in [-0.05, 0) is 6.42 Å². The molecule has 0 spiro atoms. The van der Waals surface area contributed by atoms with Gasteiger partial charge in [0.1, 0.15) is 0 Å². The number of hydrogen-bond acceptors (Lipinski definition) is 4. The van der Waals surface area contributed by atoms with E-state index in [0.29, 0.717) is 5.33 Å². The molecule has 0 bridgehead atoms. The molecule has 0 aliphatic carbocycles. The van der Waals surface area contributed by atoms with Gasteiger partial charge in [-0.25, -0.2) is 14.5 Å². The number of hydrogen-bond donors (Lipinski definition) is 0. The predicted molar refractivity (Wildman–Crippen MR) is 63.8 cm³/mol. The van der Waals surface area contributed by atoms with E-state index in [0.717, 1.165) is 24.2 Å². The number of unbranched alkanes of at least 4 members (excludes halogenated alkanes) is 1. The van der Waals surface area contributed by atoms with Crippen molar-refractivity contribution in [3.05, 3.63) is 0 Å². The maximum Gasteiger partial charge on any atom is 0.419 e. The summed E-state index contributed by atoms with van der Waals surface area (Å²) in [4.78, 5) is 23.9. The van der Waals surface area contributed by atoms with Crippen LogP contribution in [0.5, 0.6) is 0 Å². The van der Waals surface area contributed by atoms with Crippen LogP contribution in [0.25, 0.3) is 0 Å². The molecule has 1 atom stereocenters. The average molecular weight is 296 g/mol. The number of carbonyl (C=O) groups is 2. The molecule has 0 radical (unpaired) electrons. The molecule has 0 aromatic heterocycles. The fraction of sp³-hybridized carbons (Fsp3) is 0.800. The molecule has 5 nitrogen and oxygen atoms in total. The lowest BCUT2D eigenvalue weighted by Gasteiger charge is -2.26. The molecule has 0 aliphatic heterocycles. The van der Waals surface area contributed by atoms with E-state index in [1.54, 1.807) is 0 Å². The molecule has 1 unspecified atom stereocenters. The molecule has 2 amide bonds. The van der Waals surface area contributed by atoms with Crippen LogP contribution in [0.2, 0.25) is 0 Å². The molecule has 0 rings (SSSR count). The van der Waals surface area contributed by atoms with Crippen LogP contribution >= 0.6 is 15.9 Å². The van der Waals surface area contributed by atoms with Gasteiger partial charge in [-0.2, -0.15) is 0 Å². The molecule has 0 fully saturated rings. The fourth-order valence-electron chi connectivity index (χ4n) is 1.28. The maximum atomic E-state index is 11.5. The summed E-state index contributed by atoms with van der Waals surface area (Å²) in [5, 5.41) is 0.511. The van der Waals surface area contributed by atoms with Crippen LogP contribution in [0.4, 0.5) is 9.59 Å². The van der Waals surface area contributed by atoms with Crippen molar-refractivity contribution in [1.82, 2.24) is 4.90 Å². The summed E-state index contributed by atoms with van der Waals surface area (Å²) in [6.45, 7) is 2.05. The summed E-state index contributed by atoms with van der Waals surface area (Å²) in [5.41, 5.74) is 0. The Morgan fingerprint density at radius 2 is 1.75 bits per heavy atom. The Bertz CT molecular complexity index is 219. The number of carbonyl (C=O) groups excluding carboxylic acids is 2. The number of alkyl halides is 1. The molecule has 16 heavy (non-hydrogen) atoms. The molecule has 0 heterocycles. The molecule has 94 valence electrons. The van der Waals surface area contributed by atoms with Crippen molar-refractivity contribution in [2.75, 3.05) is 19.5 Å². The topological polar surface area (TPSA) is 55.8 Å². The minimum absolute atomic E-state index is 0.236. The van der Waals surface area contributed by atoms with Gasteiger partial charge < -0.3 is 9.47 Å². The molecule has 0 aromatic carbocycles. The van der Waals surface area contributed by atoms with Gasteiger partial charge in [0.25, 0.3) is 0 Å². The number of rotatable bonds is 5. The van der Waals surface area contributed by atoms with E-state index in [-0.39, 0.29) is 6.04 Å². The third kappa shape index (κ3) is 4.38. The molecule has 0 saturated carbocycles. The van der Waals surface area contributed by atoms with Crippen molar-refractivity contribution in [2.45, 2.75) is 32.2 Å². The smallest absolute Gasteiger partial charge is 0.419 e. The van der Waals surface area contributed by atoms with E-state index in [1.807, 2.05) is 6.92 Å². The minimum atomic E-state index is -0.688. The Morgan fingerprint density at radius 3 is 2.06 bits per heavy atom.